The van der Waals surface area contributed by atoms with Gasteiger partial charge in [0.1, 0.15) is 11.8 Å². The number of rotatable bonds is 8. The molecule has 1 aliphatic rings. The molecule has 3 rings (SSSR count). The van der Waals surface area contributed by atoms with Gasteiger partial charge < -0.3 is 21.1 Å². The summed E-state index contributed by atoms with van der Waals surface area (Å²) in [5.41, 5.74) is 6.98. The third-order valence-corrected chi connectivity index (χ3v) is 4.90. The van der Waals surface area contributed by atoms with E-state index in [2.05, 4.69) is 15.7 Å². The second-order valence-electron chi connectivity index (χ2n) is 6.75. The predicted molar refractivity (Wildman–Crippen MR) is 118 cm³/mol. The lowest BCUT2D eigenvalue weighted by molar-refractivity contribution is -0.119. The fourth-order valence-corrected chi connectivity index (χ4v) is 3.30. The van der Waals surface area contributed by atoms with Crippen molar-refractivity contribution >= 4 is 46.4 Å². The van der Waals surface area contributed by atoms with Crippen molar-refractivity contribution in [3.63, 3.8) is 0 Å². The Labute approximate surface area is 184 Å². The highest BCUT2D eigenvalue weighted by Crippen LogP contribution is 2.25. The smallest absolute Gasteiger partial charge is 0.271 e. The first-order valence-electron chi connectivity index (χ1n) is 9.50. The summed E-state index contributed by atoms with van der Waals surface area (Å²) in [4.78, 5) is 36.7. The molecule has 0 aliphatic carbocycles. The largest absolute Gasteiger partial charge is 0.383 e. The van der Waals surface area contributed by atoms with E-state index in [1.54, 1.807) is 30.3 Å². The number of amides is 3. The van der Waals surface area contributed by atoms with E-state index in [9.17, 15) is 14.4 Å². The number of methoxy groups -OCH3 is 1. The summed E-state index contributed by atoms with van der Waals surface area (Å²) < 4.78 is 4.89. The number of anilines is 2. The Hall–Kier alpha value is -3.43. The van der Waals surface area contributed by atoms with Gasteiger partial charge in [0, 0.05) is 25.8 Å². The Balaban J connectivity index is 1.71. The van der Waals surface area contributed by atoms with Crippen LogP contribution in [-0.2, 0) is 14.3 Å². The molecule has 2 aromatic rings. The van der Waals surface area contributed by atoms with E-state index >= 15 is 0 Å². The van der Waals surface area contributed by atoms with Gasteiger partial charge >= 0.3 is 0 Å². The minimum atomic E-state index is -0.759. The number of halogens is 1. The van der Waals surface area contributed by atoms with Crippen LogP contribution in [0.3, 0.4) is 0 Å². The summed E-state index contributed by atoms with van der Waals surface area (Å²) in [6, 6.07) is 12.8. The molecule has 2 aromatic carbocycles. The number of nitrogens with one attached hydrogen (secondary N) is 2. The van der Waals surface area contributed by atoms with E-state index < -0.39 is 17.9 Å². The molecule has 0 aromatic heterocycles. The number of primary amides is 1. The lowest BCUT2D eigenvalue weighted by Crippen LogP contribution is -2.39. The van der Waals surface area contributed by atoms with Crippen LogP contribution in [0.15, 0.2) is 53.6 Å². The number of benzene rings is 2. The highest BCUT2D eigenvalue weighted by Gasteiger charge is 2.35. The number of hydrogen-bond donors (Lipinski definition) is 3. The van der Waals surface area contributed by atoms with E-state index in [-0.39, 0.29) is 28.6 Å². The quantitative estimate of drug-likeness (QED) is 0.536. The van der Waals surface area contributed by atoms with Crippen molar-refractivity contribution in [3.05, 3.63) is 59.1 Å². The molecule has 0 bridgehead atoms. The SMILES string of the molecule is COCCNC(=O)c1ccc(NC(=O)C2=NN(c3ccccc3)C(C(N)=O)C2)cc1Cl. The van der Waals surface area contributed by atoms with Crippen LogP contribution in [0.4, 0.5) is 11.4 Å². The Kier molecular flexibility index (Phi) is 7.22. The number of para-hydroxylation sites is 1. The summed E-state index contributed by atoms with van der Waals surface area (Å²) in [6.07, 6.45) is 0.0732. The molecular weight excluding hydrogens is 422 g/mol. The number of hydrazone groups is 1. The van der Waals surface area contributed by atoms with Gasteiger partial charge in [-0.15, -0.1) is 0 Å². The molecule has 31 heavy (non-hydrogen) atoms. The molecule has 0 saturated carbocycles. The zero-order valence-corrected chi connectivity index (χ0v) is 17.6. The molecule has 10 heteroatoms. The van der Waals surface area contributed by atoms with Crippen molar-refractivity contribution in [2.24, 2.45) is 10.8 Å². The molecule has 1 aliphatic heterocycles. The van der Waals surface area contributed by atoms with Gasteiger partial charge in [0.2, 0.25) is 5.91 Å². The Morgan fingerprint density at radius 1 is 1.19 bits per heavy atom. The molecule has 0 spiro atoms. The molecule has 1 heterocycles. The number of ether oxygens (including phenoxy) is 1. The van der Waals surface area contributed by atoms with Crippen LogP contribution in [-0.4, -0.2) is 49.7 Å². The van der Waals surface area contributed by atoms with Crippen molar-refractivity contribution in [3.8, 4) is 0 Å². The number of nitrogens with zero attached hydrogens (tertiary/aromatic N) is 2. The number of carbonyl (C=O) groups excluding carboxylic acids is 3. The molecule has 0 radical (unpaired) electrons. The van der Waals surface area contributed by atoms with Crippen LogP contribution < -0.4 is 21.4 Å². The zero-order chi connectivity index (χ0) is 22.4. The molecule has 9 nitrogen and oxygen atoms in total. The highest BCUT2D eigenvalue weighted by atomic mass is 35.5. The Morgan fingerprint density at radius 3 is 2.58 bits per heavy atom. The zero-order valence-electron chi connectivity index (χ0n) is 16.8. The average molecular weight is 444 g/mol. The van der Waals surface area contributed by atoms with Crippen molar-refractivity contribution in [2.75, 3.05) is 30.6 Å². The van der Waals surface area contributed by atoms with Gasteiger partial charge in [-0.3, -0.25) is 19.4 Å². The van der Waals surface area contributed by atoms with Gasteiger partial charge in [-0.1, -0.05) is 29.8 Å². The maximum Gasteiger partial charge on any atom is 0.271 e. The normalized spacial score (nSPS) is 15.4. The number of carbonyl (C=O) groups is 3. The summed E-state index contributed by atoms with van der Waals surface area (Å²) >= 11 is 6.21. The monoisotopic (exact) mass is 443 g/mol. The fourth-order valence-electron chi connectivity index (χ4n) is 3.03. The van der Waals surface area contributed by atoms with E-state index in [0.29, 0.717) is 24.5 Å². The van der Waals surface area contributed by atoms with Gasteiger partial charge in [0.15, 0.2) is 0 Å². The van der Waals surface area contributed by atoms with Crippen LogP contribution in [0.5, 0.6) is 0 Å². The van der Waals surface area contributed by atoms with Gasteiger partial charge in [0.05, 0.1) is 22.9 Å². The van der Waals surface area contributed by atoms with Gasteiger partial charge in [-0.2, -0.15) is 5.10 Å². The minimum Gasteiger partial charge on any atom is -0.383 e. The van der Waals surface area contributed by atoms with Crippen LogP contribution in [0.25, 0.3) is 0 Å². The lowest BCUT2D eigenvalue weighted by atomic mass is 10.1. The standard InChI is InChI=1S/C21H22ClN5O4/c1-31-10-9-24-20(29)15-8-7-13(11-16(15)22)25-21(30)17-12-18(19(23)28)27(26-17)14-5-3-2-4-6-14/h2-8,11,18H,9-10,12H2,1H3,(H2,23,28)(H,24,29)(H,25,30). The van der Waals surface area contributed by atoms with E-state index in [1.165, 1.54) is 24.3 Å². The second-order valence-corrected chi connectivity index (χ2v) is 7.15. The van der Waals surface area contributed by atoms with Gasteiger partial charge in [0.25, 0.3) is 11.8 Å². The molecule has 0 fully saturated rings. The third kappa shape index (κ3) is 5.39. The van der Waals surface area contributed by atoms with Crippen LogP contribution in [0.2, 0.25) is 5.02 Å². The maximum absolute atomic E-state index is 12.7. The molecule has 4 N–H and O–H groups in total. The molecule has 3 amide bonds. The molecule has 1 atom stereocenters. The van der Waals surface area contributed by atoms with Crippen molar-refractivity contribution in [2.45, 2.75) is 12.5 Å². The number of nitrogens with two attached hydrogens (primary N) is 1. The topological polar surface area (TPSA) is 126 Å². The first kappa shape index (κ1) is 22.3. The number of hydrogen-bond acceptors (Lipinski definition) is 6. The van der Waals surface area contributed by atoms with E-state index in [1.807, 2.05) is 6.07 Å². The maximum atomic E-state index is 12.7. The van der Waals surface area contributed by atoms with Crippen molar-refractivity contribution in [1.82, 2.24) is 5.32 Å². The second kappa shape index (κ2) is 10.1. The summed E-state index contributed by atoms with van der Waals surface area (Å²) in [7, 11) is 1.54. The first-order chi connectivity index (χ1) is 14.9. The van der Waals surface area contributed by atoms with Crippen LogP contribution >= 0.6 is 11.6 Å². The fraction of sp³-hybridized carbons (Fsp3) is 0.238. The highest BCUT2D eigenvalue weighted by molar-refractivity contribution is 6.44. The van der Waals surface area contributed by atoms with Crippen LogP contribution in [0.1, 0.15) is 16.8 Å². The van der Waals surface area contributed by atoms with Gasteiger partial charge in [-0.25, -0.2) is 0 Å². The Morgan fingerprint density at radius 2 is 1.94 bits per heavy atom. The first-order valence-corrected chi connectivity index (χ1v) is 9.87. The lowest BCUT2D eigenvalue weighted by Gasteiger charge is -2.20. The minimum absolute atomic E-state index is 0.0732. The summed E-state index contributed by atoms with van der Waals surface area (Å²) in [6.45, 7) is 0.731. The summed E-state index contributed by atoms with van der Waals surface area (Å²) in [5, 5.41) is 11.3. The van der Waals surface area contributed by atoms with E-state index in [0.717, 1.165) is 0 Å². The molecular formula is C21H22ClN5O4. The van der Waals surface area contributed by atoms with Crippen LogP contribution in [0, 0.1) is 0 Å². The molecule has 1 unspecified atom stereocenters. The molecule has 162 valence electrons. The average Bonchev–Trinajstić information content (AvgIpc) is 3.21. The molecule has 0 saturated heterocycles. The predicted octanol–water partition coefficient (Wildman–Crippen LogP) is 1.77. The van der Waals surface area contributed by atoms with Gasteiger partial charge in [-0.05, 0) is 30.3 Å². The Bertz CT molecular complexity index is 1010. The van der Waals surface area contributed by atoms with Crippen molar-refractivity contribution in [1.29, 1.82) is 0 Å². The van der Waals surface area contributed by atoms with E-state index in [4.69, 9.17) is 22.1 Å². The third-order valence-electron chi connectivity index (χ3n) is 4.58. The summed E-state index contributed by atoms with van der Waals surface area (Å²) in [5.74, 6) is -1.41. The van der Waals surface area contributed by atoms with Crippen molar-refractivity contribution < 1.29 is 19.1 Å².